The summed E-state index contributed by atoms with van der Waals surface area (Å²) in [6.07, 6.45) is -7.83. The maximum Gasteiger partial charge on any atom is 0.460 e. The molecule has 0 aromatic heterocycles. The first kappa shape index (κ1) is 31.5. The molecule has 1 aromatic carbocycles. The summed E-state index contributed by atoms with van der Waals surface area (Å²) >= 11 is 0. The predicted molar refractivity (Wildman–Crippen MR) is 83.7 cm³/mol. The minimum atomic E-state index is -8.74. The molecule has 0 saturated carbocycles. The van der Waals surface area contributed by atoms with E-state index >= 15 is 0 Å². The van der Waals surface area contributed by atoms with Crippen LogP contribution in [0.3, 0.4) is 0 Å². The van der Waals surface area contributed by atoms with Crippen molar-refractivity contribution in [3.05, 3.63) is 35.9 Å². The lowest BCUT2D eigenvalue weighted by Gasteiger charge is -2.42. The molecule has 2 nitrogen and oxygen atoms in total. The molecule has 0 bridgehead atoms. The third kappa shape index (κ3) is 4.31. The first-order chi connectivity index (χ1) is 15.7. The van der Waals surface area contributed by atoms with Crippen molar-refractivity contribution < 1.29 is 79.4 Å². The highest BCUT2D eigenvalue weighted by Gasteiger charge is 2.95. The quantitative estimate of drug-likeness (QED) is 0.325. The van der Waals surface area contributed by atoms with Gasteiger partial charge < -0.3 is 5.32 Å². The summed E-state index contributed by atoms with van der Waals surface area (Å²) in [6, 6.07) is 3.96. The normalized spacial score (nSPS) is 16.1. The Morgan fingerprint density at radius 3 is 1.28 bits per heavy atom. The van der Waals surface area contributed by atoms with Crippen LogP contribution in [0.1, 0.15) is 18.5 Å². The predicted octanol–water partition coefficient (Wildman–Crippen LogP) is 6.87. The number of amides is 1. The Balaban J connectivity index is 3.52. The number of nitrogens with one attached hydrogen (secondary N) is 1. The molecule has 1 amide bonds. The molecule has 0 spiro atoms. The minimum absolute atomic E-state index is 0.192. The van der Waals surface area contributed by atoms with Crippen LogP contribution < -0.4 is 5.32 Å². The summed E-state index contributed by atoms with van der Waals surface area (Å²) < 4.78 is 225. The monoisotopic (exact) mass is 567 g/mol. The van der Waals surface area contributed by atoms with Gasteiger partial charge in [0.05, 0.1) is 6.04 Å². The zero-order chi connectivity index (χ0) is 29.0. The van der Waals surface area contributed by atoms with Gasteiger partial charge in [-0.1, -0.05) is 30.3 Å². The molecule has 1 rings (SSSR count). The number of hydrogen-bond acceptors (Lipinski definition) is 1. The van der Waals surface area contributed by atoms with Crippen LogP contribution in [0.25, 0.3) is 0 Å². The summed E-state index contributed by atoms with van der Waals surface area (Å²) in [6.45, 7) is 0.752. The van der Waals surface area contributed by atoms with Crippen LogP contribution in [-0.4, -0.2) is 53.5 Å². The van der Waals surface area contributed by atoms with Crippen LogP contribution in [0.15, 0.2) is 30.3 Å². The fourth-order valence-electron chi connectivity index (χ4n) is 2.42. The van der Waals surface area contributed by atoms with Crippen LogP contribution in [0.5, 0.6) is 0 Å². The molecule has 0 heterocycles. The van der Waals surface area contributed by atoms with Crippen molar-refractivity contribution in [2.24, 2.45) is 0 Å². The molecule has 36 heavy (non-hydrogen) atoms. The largest absolute Gasteiger partial charge is 0.460 e. The maximum absolute atomic E-state index is 13.9. The van der Waals surface area contributed by atoms with Crippen molar-refractivity contribution in [3.8, 4) is 0 Å². The number of halogens is 17. The Morgan fingerprint density at radius 2 is 0.917 bits per heavy atom. The lowest BCUT2D eigenvalue weighted by atomic mass is 9.88. The molecule has 0 radical (unpaired) electrons. The molecule has 0 aliphatic heterocycles. The number of alkyl halides is 17. The summed E-state index contributed by atoms with van der Waals surface area (Å²) in [5.41, 5.74) is -0.192. The summed E-state index contributed by atoms with van der Waals surface area (Å²) in [7, 11) is 0. The highest BCUT2D eigenvalue weighted by molar-refractivity contribution is 5.85. The van der Waals surface area contributed by atoms with E-state index in [4.69, 9.17) is 0 Å². The fraction of sp³-hybridized carbons (Fsp3) is 0.588. The Hall–Kier alpha value is -2.50. The van der Waals surface area contributed by atoms with Crippen molar-refractivity contribution in [2.45, 2.75) is 60.6 Å². The zero-order valence-electron chi connectivity index (χ0n) is 16.8. The number of hydrogen-bond donors (Lipinski definition) is 1. The van der Waals surface area contributed by atoms with Gasteiger partial charge in [-0.3, -0.25) is 4.79 Å². The van der Waals surface area contributed by atoms with Crippen LogP contribution in [-0.2, 0) is 4.79 Å². The summed E-state index contributed by atoms with van der Waals surface area (Å²) in [5.74, 6) is -61.6. The Morgan fingerprint density at radius 1 is 0.583 bits per heavy atom. The van der Waals surface area contributed by atoms with E-state index in [0.29, 0.717) is 0 Å². The summed E-state index contributed by atoms with van der Waals surface area (Å²) in [4.78, 5) is 11.5. The van der Waals surface area contributed by atoms with Gasteiger partial charge in [-0.15, -0.1) is 0 Å². The second-order valence-electron chi connectivity index (χ2n) is 7.12. The molecule has 1 N–H and O–H groups in total. The van der Waals surface area contributed by atoms with E-state index in [1.807, 2.05) is 0 Å². The highest BCUT2D eigenvalue weighted by Crippen LogP contribution is 2.63. The SMILES string of the molecule is CC(NC(=O)C(F)(F)C(F)(F)C(F)(F)C(F)(F)C(F)(F)C(F)(F)C(F)(F)C(F)(F)F)c1ccccc1. The zero-order valence-corrected chi connectivity index (χ0v) is 16.8. The lowest BCUT2D eigenvalue weighted by molar-refractivity contribution is -0.459. The second kappa shape index (κ2) is 8.81. The Bertz CT molecular complexity index is 938. The van der Waals surface area contributed by atoms with E-state index in [9.17, 15) is 79.4 Å². The van der Waals surface area contributed by atoms with Crippen LogP contribution >= 0.6 is 0 Å². The van der Waals surface area contributed by atoms with Crippen molar-refractivity contribution in [2.75, 3.05) is 0 Å². The fourth-order valence-corrected chi connectivity index (χ4v) is 2.42. The van der Waals surface area contributed by atoms with Gasteiger partial charge in [0, 0.05) is 0 Å². The van der Waals surface area contributed by atoms with Crippen molar-refractivity contribution in [1.29, 1.82) is 0 Å². The Kier molecular flexibility index (Phi) is 7.72. The molecule has 0 fully saturated rings. The molecule has 0 aliphatic rings. The van der Waals surface area contributed by atoms with E-state index in [-0.39, 0.29) is 5.56 Å². The van der Waals surface area contributed by atoms with Gasteiger partial charge in [0.2, 0.25) is 0 Å². The minimum Gasteiger partial charge on any atom is -0.344 e. The van der Waals surface area contributed by atoms with Gasteiger partial charge in [-0.05, 0) is 12.5 Å². The topological polar surface area (TPSA) is 29.1 Å². The molecular formula is C17H10F17NO. The van der Waals surface area contributed by atoms with E-state index in [2.05, 4.69) is 0 Å². The van der Waals surface area contributed by atoms with E-state index in [1.54, 1.807) is 0 Å². The number of carbonyl (C=O) groups excluding carboxylic acids is 1. The first-order valence-corrected chi connectivity index (χ1v) is 8.73. The average molecular weight is 567 g/mol. The maximum atomic E-state index is 13.9. The van der Waals surface area contributed by atoms with Gasteiger partial charge in [0.25, 0.3) is 5.91 Å². The Labute approximate surface area is 188 Å². The van der Waals surface area contributed by atoms with Gasteiger partial charge in [-0.2, -0.15) is 74.6 Å². The molecule has 1 unspecified atom stereocenters. The molecule has 0 aliphatic carbocycles. The number of rotatable bonds is 9. The van der Waals surface area contributed by atoms with E-state index in [1.165, 1.54) is 18.2 Å². The molecule has 19 heteroatoms. The van der Waals surface area contributed by atoms with Crippen molar-refractivity contribution in [3.63, 3.8) is 0 Å². The van der Waals surface area contributed by atoms with Gasteiger partial charge in [0.15, 0.2) is 0 Å². The highest BCUT2D eigenvalue weighted by atomic mass is 19.4. The number of benzene rings is 1. The van der Waals surface area contributed by atoms with Gasteiger partial charge in [0.1, 0.15) is 0 Å². The van der Waals surface area contributed by atoms with Gasteiger partial charge in [-0.25, -0.2) is 0 Å². The average Bonchev–Trinajstić information content (AvgIpc) is 2.72. The van der Waals surface area contributed by atoms with E-state index in [0.717, 1.165) is 24.4 Å². The lowest BCUT2D eigenvalue weighted by Crippen LogP contribution is -2.75. The van der Waals surface area contributed by atoms with Gasteiger partial charge >= 0.3 is 47.6 Å². The number of carbonyl (C=O) groups is 1. The molecule has 208 valence electrons. The molecular weight excluding hydrogens is 557 g/mol. The third-order valence-electron chi connectivity index (χ3n) is 4.65. The van der Waals surface area contributed by atoms with Crippen molar-refractivity contribution >= 4 is 5.91 Å². The third-order valence-corrected chi connectivity index (χ3v) is 4.65. The van der Waals surface area contributed by atoms with Crippen LogP contribution in [0, 0.1) is 0 Å². The second-order valence-corrected chi connectivity index (χ2v) is 7.12. The van der Waals surface area contributed by atoms with Crippen LogP contribution in [0.2, 0.25) is 0 Å². The summed E-state index contributed by atoms with van der Waals surface area (Å²) in [5, 5.41) is 0.928. The van der Waals surface area contributed by atoms with E-state index < -0.39 is 59.6 Å². The smallest absolute Gasteiger partial charge is 0.344 e. The standard InChI is InChI=1S/C17H10F17NO/c1-7(8-5-3-2-4-6-8)35-9(36)10(18,19)11(20,21)12(22,23)13(24,25)14(26,27)15(28,29)16(30,31)17(32,33)34/h2-7H,1H3,(H,35,36). The molecule has 1 atom stereocenters. The molecule has 0 saturated heterocycles. The molecule has 1 aromatic rings. The first-order valence-electron chi connectivity index (χ1n) is 8.73. The van der Waals surface area contributed by atoms with Crippen LogP contribution in [0.4, 0.5) is 74.6 Å². The van der Waals surface area contributed by atoms with Crippen molar-refractivity contribution in [1.82, 2.24) is 5.32 Å².